The number of carboxylic acid groups (broad SMARTS) is 3. The lowest BCUT2D eigenvalue weighted by molar-refractivity contribution is -0.140. The third kappa shape index (κ3) is 26.9. The van der Waals surface area contributed by atoms with Crippen molar-refractivity contribution in [1.29, 1.82) is 5.26 Å². The van der Waals surface area contributed by atoms with Gasteiger partial charge in [-0.3, -0.25) is 72.5 Å². The monoisotopic (exact) mass is 1250 g/mol. The number of nitriles is 1. The van der Waals surface area contributed by atoms with Gasteiger partial charge in [-0.05, 0) is 84.5 Å². The Morgan fingerprint density at radius 3 is 1.79 bits per heavy atom. The normalized spacial score (nSPS) is 16.8. The molecule has 0 radical (unpaired) electrons. The van der Waals surface area contributed by atoms with Crippen LogP contribution in [-0.2, 0) is 56.1 Å². The Morgan fingerprint density at radius 1 is 0.667 bits per heavy atom. The molecular weight excluding hydrogens is 1180 g/mol. The highest BCUT2D eigenvalue weighted by atomic mass is 127. The molecule has 1 unspecified atom stereocenters. The molecule has 2 aliphatic rings. The van der Waals surface area contributed by atoms with Gasteiger partial charge in [0, 0.05) is 113 Å². The van der Waals surface area contributed by atoms with E-state index < -0.39 is 85.0 Å². The van der Waals surface area contributed by atoms with Crippen molar-refractivity contribution < 1.29 is 72.0 Å². The summed E-state index contributed by atoms with van der Waals surface area (Å²) in [5.41, 5.74) is 1.39. The molecular formula is C52H72F2IN13O13. The number of carbonyl (C=O) groups excluding carboxylic acids is 7. The average molecular weight is 1250 g/mol. The molecule has 3 heterocycles. The van der Waals surface area contributed by atoms with Crippen LogP contribution in [0.25, 0.3) is 0 Å². The Hall–Kier alpha value is -7.01. The van der Waals surface area contributed by atoms with Crippen LogP contribution in [0.5, 0.6) is 0 Å². The van der Waals surface area contributed by atoms with Gasteiger partial charge in [-0.15, -0.1) is 0 Å². The van der Waals surface area contributed by atoms with Crippen LogP contribution in [0.2, 0.25) is 0 Å². The van der Waals surface area contributed by atoms with Crippen molar-refractivity contribution in [3.8, 4) is 6.07 Å². The van der Waals surface area contributed by atoms with Crippen molar-refractivity contribution in [2.75, 3.05) is 111 Å². The predicted molar refractivity (Wildman–Crippen MR) is 294 cm³/mol. The van der Waals surface area contributed by atoms with E-state index in [9.17, 15) is 77.3 Å². The quantitative estimate of drug-likeness (QED) is 0.0337. The first-order valence-electron chi connectivity index (χ1n) is 26.5. The highest BCUT2D eigenvalue weighted by Crippen LogP contribution is 2.31. The first-order valence-corrected chi connectivity index (χ1v) is 27.6. The van der Waals surface area contributed by atoms with Gasteiger partial charge in [0.1, 0.15) is 12.1 Å². The maximum atomic E-state index is 13.8. The lowest BCUT2D eigenvalue weighted by Crippen LogP contribution is -2.49. The number of carbonyl (C=O) groups is 10. The lowest BCUT2D eigenvalue weighted by atomic mass is 10.1. The summed E-state index contributed by atoms with van der Waals surface area (Å²) in [4.78, 5) is 137. The Labute approximate surface area is 481 Å². The molecule has 2 aliphatic heterocycles. The second-order valence-corrected chi connectivity index (χ2v) is 20.8. The molecule has 4 rings (SSSR count). The van der Waals surface area contributed by atoms with Crippen LogP contribution in [0.4, 0.5) is 8.78 Å². The fourth-order valence-electron chi connectivity index (χ4n) is 8.76. The zero-order chi connectivity index (χ0) is 59.3. The first kappa shape index (κ1) is 66.5. The van der Waals surface area contributed by atoms with E-state index in [2.05, 4.69) is 59.5 Å². The Balaban J connectivity index is 1.28. The number of halogens is 3. The van der Waals surface area contributed by atoms with E-state index in [-0.39, 0.29) is 153 Å². The summed E-state index contributed by atoms with van der Waals surface area (Å²) in [6.07, 6.45) is 2.30. The Morgan fingerprint density at radius 2 is 1.21 bits per heavy atom. The zero-order valence-corrected chi connectivity index (χ0v) is 47.1. The van der Waals surface area contributed by atoms with Crippen LogP contribution < -0.4 is 31.9 Å². The van der Waals surface area contributed by atoms with Crippen LogP contribution >= 0.6 is 22.6 Å². The van der Waals surface area contributed by atoms with Crippen LogP contribution in [-0.4, -0.2) is 233 Å². The molecule has 2 atom stereocenters. The van der Waals surface area contributed by atoms with Crippen molar-refractivity contribution in [3.05, 3.63) is 63.0 Å². The third-order valence-corrected chi connectivity index (χ3v) is 13.8. The van der Waals surface area contributed by atoms with Crippen molar-refractivity contribution in [2.45, 2.75) is 82.3 Å². The molecule has 1 aromatic carbocycles. The summed E-state index contributed by atoms with van der Waals surface area (Å²) < 4.78 is 28.7. The van der Waals surface area contributed by atoms with Gasteiger partial charge in [-0.25, -0.2) is 8.78 Å². The minimum absolute atomic E-state index is 0.0447. The van der Waals surface area contributed by atoms with Crippen LogP contribution in [0.1, 0.15) is 73.0 Å². The van der Waals surface area contributed by atoms with Crippen molar-refractivity contribution in [3.63, 3.8) is 0 Å². The third-order valence-electron chi connectivity index (χ3n) is 13.1. The molecule has 0 saturated carbocycles. The van der Waals surface area contributed by atoms with E-state index in [1.807, 2.05) is 24.3 Å². The summed E-state index contributed by atoms with van der Waals surface area (Å²) >= 11 is 2.22. The summed E-state index contributed by atoms with van der Waals surface area (Å²) in [6, 6.07) is 9.93. The summed E-state index contributed by atoms with van der Waals surface area (Å²) in [6.45, 7) is -0.614. The molecule has 2 aromatic rings. The lowest BCUT2D eigenvalue weighted by Gasteiger charge is -2.32. The highest BCUT2D eigenvalue weighted by Gasteiger charge is 2.47. The number of carboxylic acids is 3. The number of aryl methyl sites for hydroxylation is 1. The fourth-order valence-corrected chi connectivity index (χ4v) is 9.12. The van der Waals surface area contributed by atoms with Gasteiger partial charge < -0.3 is 52.1 Å². The Kier molecular flexibility index (Phi) is 28.7. The molecule has 2 fully saturated rings. The molecule has 1 aromatic heterocycles. The molecule has 444 valence electrons. The van der Waals surface area contributed by atoms with Crippen molar-refractivity contribution >= 4 is 81.8 Å². The van der Waals surface area contributed by atoms with E-state index in [0.717, 1.165) is 15.6 Å². The molecule has 26 nitrogen and oxygen atoms in total. The highest BCUT2D eigenvalue weighted by molar-refractivity contribution is 14.1. The van der Waals surface area contributed by atoms with Crippen LogP contribution in [0.15, 0.2) is 42.6 Å². The van der Waals surface area contributed by atoms with Crippen molar-refractivity contribution in [2.24, 2.45) is 0 Å². The average Bonchev–Trinajstić information content (AvgIpc) is 3.76. The van der Waals surface area contributed by atoms with E-state index in [1.165, 1.54) is 18.3 Å². The van der Waals surface area contributed by atoms with Crippen molar-refractivity contribution in [1.82, 2.24) is 61.4 Å². The van der Waals surface area contributed by atoms with E-state index in [0.29, 0.717) is 24.2 Å². The molecule has 7 amide bonds. The maximum Gasteiger partial charge on any atom is 0.317 e. The zero-order valence-electron chi connectivity index (χ0n) is 45.0. The van der Waals surface area contributed by atoms with E-state index >= 15 is 0 Å². The smallest absolute Gasteiger partial charge is 0.317 e. The van der Waals surface area contributed by atoms with Gasteiger partial charge >= 0.3 is 17.9 Å². The number of aliphatic carboxylic acids is 3. The number of nitrogens with one attached hydrogen (secondary N) is 6. The number of hydrogen-bond donors (Lipinski definition) is 9. The van der Waals surface area contributed by atoms with E-state index in [1.54, 1.807) is 25.7 Å². The molecule has 81 heavy (non-hydrogen) atoms. The molecule has 0 bridgehead atoms. The Bertz CT molecular complexity index is 2490. The second-order valence-electron chi connectivity index (χ2n) is 19.6. The minimum Gasteiger partial charge on any atom is -0.480 e. The second kappa shape index (κ2) is 35.0. The maximum absolute atomic E-state index is 13.8. The van der Waals surface area contributed by atoms with Gasteiger partial charge in [0.05, 0.1) is 57.6 Å². The van der Waals surface area contributed by atoms with Gasteiger partial charge in [0.2, 0.25) is 35.4 Å². The number of rotatable bonds is 30. The number of hydrogen-bond acceptors (Lipinski definition) is 16. The first-order chi connectivity index (χ1) is 38.6. The molecule has 0 aliphatic carbocycles. The molecule has 29 heteroatoms. The number of nitrogens with zero attached hydrogens (tertiary/aromatic N) is 7. The van der Waals surface area contributed by atoms with Gasteiger partial charge in [-0.1, -0.05) is 12.1 Å². The predicted octanol–water partition coefficient (Wildman–Crippen LogP) is -0.926. The number of pyridine rings is 1. The number of likely N-dealkylation sites (tertiary alicyclic amines) is 1. The number of amides is 7. The minimum atomic E-state index is -3.22. The molecule has 2 saturated heterocycles. The summed E-state index contributed by atoms with van der Waals surface area (Å²) in [7, 11) is 0. The van der Waals surface area contributed by atoms with Gasteiger partial charge in [0.15, 0.2) is 0 Å². The number of unbranched alkanes of at least 4 members (excludes halogenated alkanes) is 1. The fraction of sp³-hybridized carbons (Fsp3) is 0.577. The summed E-state index contributed by atoms with van der Waals surface area (Å²) in [5.74, 6) is -10.4. The van der Waals surface area contributed by atoms with Crippen LogP contribution in [0, 0.1) is 14.9 Å². The largest absolute Gasteiger partial charge is 0.480 e. The van der Waals surface area contributed by atoms with Gasteiger partial charge in [-0.2, -0.15) is 5.26 Å². The van der Waals surface area contributed by atoms with Crippen LogP contribution in [0.3, 0.4) is 0 Å². The standard InChI is InChI=1S/C52H72F2IN13O13/c53-52(54)27-40(28-56)68(35-52)46(73)30-62-50(80)37-13-15-57-39(26-37)29-61-43(70)11-12-44(71)63-41(51(81)60-17-16-59-42(69)6-3-4-36-7-9-38(55)10-8-36)5-1-2-14-58-45(72)31-64-18-20-65(32-47(74)75)22-24-67(34-49(78)79)25-23-66(21-19-64)33-48(76)77/h7-10,13,15,26,40-41H,1-6,11-12,14,16-25,27,29-35H2,(H,58,72)(H,59,69)(H,60,81)(H,61,70)(H,62,80)(H,63,71)(H,74,75)(H,76,77)(H,78,79)/t40-,41?/m0/s1. The number of benzene rings is 1. The number of aromatic nitrogens is 1. The summed E-state index contributed by atoms with van der Waals surface area (Å²) in [5, 5.41) is 53.6. The van der Waals surface area contributed by atoms with Gasteiger partial charge in [0.25, 0.3) is 11.8 Å². The number of alkyl halides is 2. The topological polar surface area (TPSA) is 356 Å². The van der Waals surface area contributed by atoms with E-state index in [4.69, 9.17) is 0 Å². The molecule has 0 spiro atoms. The molecule has 9 N–H and O–H groups in total. The SMILES string of the molecule is N#C[C@@H]1CC(F)(F)CN1C(=O)CNC(=O)c1ccnc(CNC(=O)CCC(=O)NC(CCCCNC(=O)CN2CCN(CC(=O)O)CCN(CC(=O)O)CCN(CC(=O)O)CC2)C(=O)NCCNC(=O)CCCc2ccc(I)cc2)c1.